The van der Waals surface area contributed by atoms with E-state index >= 15 is 0 Å². The van der Waals surface area contributed by atoms with Crippen molar-refractivity contribution >= 4 is 6.16 Å². The van der Waals surface area contributed by atoms with Gasteiger partial charge in [0.1, 0.15) is 0 Å². The third-order valence-corrected chi connectivity index (χ3v) is 3.95. The summed E-state index contributed by atoms with van der Waals surface area (Å²) in [6, 6.07) is 0. The summed E-state index contributed by atoms with van der Waals surface area (Å²) in [5.74, 6) is -0.243. The van der Waals surface area contributed by atoms with Crippen LogP contribution in [-0.2, 0) is 29.0 Å². The molecule has 0 N–H and O–H groups in total. The van der Waals surface area contributed by atoms with Crippen LogP contribution in [0.15, 0.2) is 0 Å². The molecule has 2 unspecified atom stereocenters. The van der Waals surface area contributed by atoms with E-state index in [1.54, 1.807) is 0 Å². The molecule has 0 radical (unpaired) electrons. The zero-order valence-electron chi connectivity index (χ0n) is 18.1. The summed E-state index contributed by atoms with van der Waals surface area (Å²) in [5.41, 5.74) is -0.965. The predicted octanol–water partition coefficient (Wildman–Crippen LogP) is 5.38. The van der Waals surface area contributed by atoms with Gasteiger partial charge in [0, 0.05) is 11.8 Å². The van der Waals surface area contributed by atoms with Crippen LogP contribution in [-0.4, -0.2) is 29.9 Å². The molecule has 0 aromatic heterocycles. The van der Waals surface area contributed by atoms with E-state index in [2.05, 4.69) is 0 Å². The van der Waals surface area contributed by atoms with Crippen LogP contribution in [0.5, 0.6) is 0 Å². The minimum atomic E-state index is -0.904. The van der Waals surface area contributed by atoms with Crippen molar-refractivity contribution in [2.45, 2.75) is 106 Å². The van der Waals surface area contributed by atoms with Crippen LogP contribution < -0.4 is 0 Å². The zero-order chi connectivity index (χ0) is 20.5. The number of carbonyl (C=O) groups is 1. The summed E-state index contributed by atoms with van der Waals surface area (Å²) in [6.07, 6.45) is -1.20. The molecule has 0 aliphatic heterocycles. The van der Waals surface area contributed by atoms with Gasteiger partial charge in [-0.25, -0.2) is 14.6 Å². The molecule has 7 heteroatoms. The Balaban J connectivity index is 4.70. The maximum Gasteiger partial charge on any atom is 0.513 e. The Hall–Kier alpha value is -0.890. The standard InChI is InChI=1S/C19H38O7/c1-11-18(7,8)25-23-15(13(3)4)21-17(20)22-16(14(5)6)24-26-19(9,10)12-2/h13-16H,11-12H2,1-10H3. The first-order chi connectivity index (χ1) is 11.8. The van der Waals surface area contributed by atoms with Gasteiger partial charge >= 0.3 is 6.16 Å². The molecular formula is C19H38O7. The molecule has 156 valence electrons. The molecule has 7 nitrogen and oxygen atoms in total. The molecule has 0 aromatic rings. The van der Waals surface area contributed by atoms with E-state index < -0.39 is 29.9 Å². The molecule has 0 aromatic carbocycles. The highest BCUT2D eigenvalue weighted by Crippen LogP contribution is 2.21. The van der Waals surface area contributed by atoms with Crippen LogP contribution in [0.25, 0.3) is 0 Å². The van der Waals surface area contributed by atoms with E-state index in [1.807, 2.05) is 69.2 Å². The summed E-state index contributed by atoms with van der Waals surface area (Å²) in [7, 11) is 0. The van der Waals surface area contributed by atoms with Crippen LogP contribution in [0.2, 0.25) is 0 Å². The number of carbonyl (C=O) groups excluding carboxylic acids is 1. The van der Waals surface area contributed by atoms with Crippen LogP contribution in [0, 0.1) is 11.8 Å². The predicted molar refractivity (Wildman–Crippen MR) is 97.9 cm³/mol. The van der Waals surface area contributed by atoms with Gasteiger partial charge in [-0.3, -0.25) is 0 Å². The van der Waals surface area contributed by atoms with Crippen LogP contribution in [0.3, 0.4) is 0 Å². The smallest absolute Gasteiger partial charge is 0.401 e. The van der Waals surface area contributed by atoms with E-state index in [1.165, 1.54) is 0 Å². The number of rotatable bonds is 12. The zero-order valence-corrected chi connectivity index (χ0v) is 18.1. The van der Waals surface area contributed by atoms with Gasteiger partial charge in [-0.1, -0.05) is 41.5 Å². The van der Waals surface area contributed by atoms with Gasteiger partial charge in [0.25, 0.3) is 0 Å². The molecule has 26 heavy (non-hydrogen) atoms. The van der Waals surface area contributed by atoms with Gasteiger partial charge in [0.2, 0.25) is 12.6 Å². The normalized spacial score (nSPS) is 15.2. The number of hydrogen-bond donors (Lipinski definition) is 0. The second kappa shape index (κ2) is 11.1. The third-order valence-electron chi connectivity index (χ3n) is 3.95. The molecule has 0 rings (SSSR count). The van der Waals surface area contributed by atoms with Crippen LogP contribution >= 0.6 is 0 Å². The molecule has 0 heterocycles. The molecule has 0 amide bonds. The molecule has 0 saturated carbocycles. The van der Waals surface area contributed by atoms with Crippen molar-refractivity contribution in [3.05, 3.63) is 0 Å². The van der Waals surface area contributed by atoms with Crippen molar-refractivity contribution in [1.29, 1.82) is 0 Å². The monoisotopic (exact) mass is 378 g/mol. The Kier molecular flexibility index (Phi) is 10.7. The maximum atomic E-state index is 12.1. The Labute approximate surface area is 158 Å². The van der Waals surface area contributed by atoms with E-state index in [9.17, 15) is 4.79 Å². The fourth-order valence-corrected chi connectivity index (χ4v) is 1.22. The van der Waals surface area contributed by atoms with Crippen LogP contribution in [0.1, 0.15) is 82.1 Å². The Bertz CT molecular complexity index is 369. The van der Waals surface area contributed by atoms with Crippen molar-refractivity contribution in [1.82, 2.24) is 0 Å². The third kappa shape index (κ3) is 10.3. The van der Waals surface area contributed by atoms with Gasteiger partial charge < -0.3 is 9.47 Å². The summed E-state index contributed by atoms with van der Waals surface area (Å²) in [5, 5.41) is 0. The molecule has 0 aliphatic carbocycles. The summed E-state index contributed by atoms with van der Waals surface area (Å²) in [4.78, 5) is 33.5. The highest BCUT2D eigenvalue weighted by molar-refractivity contribution is 5.60. The highest BCUT2D eigenvalue weighted by Gasteiger charge is 2.29. The van der Waals surface area contributed by atoms with Gasteiger partial charge in [-0.05, 0) is 40.5 Å². The van der Waals surface area contributed by atoms with Crippen molar-refractivity contribution < 1.29 is 33.8 Å². The van der Waals surface area contributed by atoms with Crippen LogP contribution in [0.4, 0.5) is 4.79 Å². The molecule has 0 fully saturated rings. The molecular weight excluding hydrogens is 340 g/mol. The maximum absolute atomic E-state index is 12.1. The second-order valence-electron chi connectivity index (χ2n) is 8.30. The Morgan fingerprint density at radius 1 is 0.731 bits per heavy atom. The first-order valence-electron chi connectivity index (χ1n) is 9.39. The summed E-state index contributed by atoms with van der Waals surface area (Å²) in [6.45, 7) is 18.9. The van der Waals surface area contributed by atoms with E-state index in [0.717, 1.165) is 12.8 Å². The highest BCUT2D eigenvalue weighted by atomic mass is 17.2. The second-order valence-corrected chi connectivity index (χ2v) is 8.30. The van der Waals surface area contributed by atoms with E-state index in [-0.39, 0.29) is 11.8 Å². The number of hydrogen-bond acceptors (Lipinski definition) is 7. The fourth-order valence-electron chi connectivity index (χ4n) is 1.22. The van der Waals surface area contributed by atoms with Gasteiger partial charge in [0.15, 0.2) is 0 Å². The Morgan fingerprint density at radius 2 is 1.04 bits per heavy atom. The molecule has 0 bridgehead atoms. The largest absolute Gasteiger partial charge is 0.513 e. The molecule has 0 aliphatic rings. The van der Waals surface area contributed by atoms with Crippen molar-refractivity contribution in [3.8, 4) is 0 Å². The average Bonchev–Trinajstić information content (AvgIpc) is 2.54. The van der Waals surface area contributed by atoms with E-state index in [4.69, 9.17) is 29.0 Å². The van der Waals surface area contributed by atoms with E-state index in [0.29, 0.717) is 0 Å². The average molecular weight is 379 g/mol. The van der Waals surface area contributed by atoms with Gasteiger partial charge in [0.05, 0.1) is 11.2 Å². The van der Waals surface area contributed by atoms with Crippen molar-refractivity contribution in [3.63, 3.8) is 0 Å². The SMILES string of the molecule is CCC(C)(C)OOC(OC(=O)OC(OOC(C)(C)CC)C(C)C)C(C)C. The lowest BCUT2D eigenvalue weighted by Gasteiger charge is -2.29. The lowest BCUT2D eigenvalue weighted by molar-refractivity contribution is -0.431. The quantitative estimate of drug-likeness (QED) is 0.195. The molecule has 0 spiro atoms. The summed E-state index contributed by atoms with van der Waals surface area (Å²) >= 11 is 0. The topological polar surface area (TPSA) is 72.5 Å². The first-order valence-corrected chi connectivity index (χ1v) is 9.39. The van der Waals surface area contributed by atoms with Gasteiger partial charge in [-0.2, -0.15) is 9.78 Å². The molecule has 0 saturated heterocycles. The minimum absolute atomic E-state index is 0.121. The van der Waals surface area contributed by atoms with Gasteiger partial charge in [-0.15, -0.1) is 0 Å². The van der Waals surface area contributed by atoms with Crippen molar-refractivity contribution in [2.75, 3.05) is 0 Å². The lowest BCUT2D eigenvalue weighted by Crippen LogP contribution is -2.36. The lowest BCUT2D eigenvalue weighted by atomic mass is 10.1. The minimum Gasteiger partial charge on any atom is -0.401 e. The molecule has 2 atom stereocenters. The summed E-state index contributed by atoms with van der Waals surface area (Å²) < 4.78 is 10.5. The fraction of sp³-hybridized carbons (Fsp3) is 0.947. The number of ether oxygens (including phenoxy) is 2. The van der Waals surface area contributed by atoms with Crippen molar-refractivity contribution in [2.24, 2.45) is 11.8 Å². The Morgan fingerprint density at radius 3 is 1.27 bits per heavy atom. The first kappa shape index (κ1) is 25.1.